The zero-order valence-electron chi connectivity index (χ0n) is 12.5. The normalized spacial score (nSPS) is 10.7. The molecule has 1 amide bonds. The average Bonchev–Trinajstić information content (AvgIpc) is 2.55. The molecule has 23 heavy (non-hydrogen) atoms. The highest BCUT2D eigenvalue weighted by Crippen LogP contribution is 2.28. The minimum atomic E-state index is -0.367. The summed E-state index contributed by atoms with van der Waals surface area (Å²) >= 11 is 5.83. The molecule has 0 spiro atoms. The summed E-state index contributed by atoms with van der Waals surface area (Å²) in [4.78, 5) is 16.6. The Morgan fingerprint density at radius 1 is 1.22 bits per heavy atom. The van der Waals surface area contributed by atoms with Gasteiger partial charge in [0.1, 0.15) is 11.3 Å². The van der Waals surface area contributed by atoms with E-state index in [1.165, 1.54) is 6.20 Å². The van der Waals surface area contributed by atoms with Gasteiger partial charge in [-0.15, -0.1) is 0 Å². The Balaban J connectivity index is 1.83. The number of aromatic hydroxyl groups is 1. The number of fused-ring (bicyclic) bond motifs is 1. The number of hydrogen-bond acceptors (Lipinski definition) is 3. The van der Waals surface area contributed by atoms with Gasteiger partial charge in [0.15, 0.2) is 0 Å². The maximum Gasteiger partial charge on any atom is 0.256 e. The third kappa shape index (κ3) is 3.12. The molecule has 3 aromatic rings. The number of carbonyl (C=O) groups is 1. The summed E-state index contributed by atoms with van der Waals surface area (Å²) < 4.78 is 0. The highest BCUT2D eigenvalue weighted by atomic mass is 35.5. The molecule has 0 saturated carbocycles. The number of halogens is 1. The molecule has 0 atom stereocenters. The topological polar surface area (TPSA) is 62.2 Å². The lowest BCUT2D eigenvalue weighted by molar-refractivity contribution is 0.0948. The van der Waals surface area contributed by atoms with Gasteiger partial charge in [0.25, 0.3) is 5.91 Å². The number of aromatic nitrogens is 1. The Morgan fingerprint density at radius 3 is 2.70 bits per heavy atom. The Labute approximate surface area is 138 Å². The molecule has 0 radical (unpaired) electrons. The second-order valence-electron chi connectivity index (χ2n) is 5.30. The van der Waals surface area contributed by atoms with E-state index in [1.54, 1.807) is 18.2 Å². The van der Waals surface area contributed by atoms with Gasteiger partial charge in [-0.3, -0.25) is 9.78 Å². The van der Waals surface area contributed by atoms with E-state index < -0.39 is 0 Å². The lowest BCUT2D eigenvalue weighted by Crippen LogP contribution is -2.23. The van der Waals surface area contributed by atoms with Crippen LogP contribution in [0.25, 0.3) is 10.9 Å². The Hall–Kier alpha value is -2.59. The van der Waals surface area contributed by atoms with Gasteiger partial charge in [-0.25, -0.2) is 0 Å². The first-order chi connectivity index (χ1) is 11.1. The number of amides is 1. The van der Waals surface area contributed by atoms with Gasteiger partial charge in [-0.2, -0.15) is 0 Å². The van der Waals surface area contributed by atoms with Crippen LogP contribution in [-0.2, 0) is 6.54 Å². The number of aryl methyl sites for hydroxylation is 1. The largest absolute Gasteiger partial charge is 0.506 e. The third-order valence-electron chi connectivity index (χ3n) is 3.68. The molecule has 0 aliphatic rings. The van der Waals surface area contributed by atoms with Crippen molar-refractivity contribution in [2.45, 2.75) is 13.5 Å². The van der Waals surface area contributed by atoms with Crippen LogP contribution < -0.4 is 5.32 Å². The quantitative estimate of drug-likeness (QED) is 0.769. The molecule has 3 rings (SSSR count). The molecule has 4 nitrogen and oxygen atoms in total. The van der Waals surface area contributed by atoms with Crippen molar-refractivity contribution in [3.63, 3.8) is 0 Å². The van der Waals surface area contributed by atoms with Crippen LogP contribution in [0.5, 0.6) is 5.75 Å². The monoisotopic (exact) mass is 326 g/mol. The first kappa shape index (κ1) is 15.3. The van der Waals surface area contributed by atoms with Gasteiger partial charge in [-0.1, -0.05) is 35.9 Å². The van der Waals surface area contributed by atoms with Gasteiger partial charge in [0, 0.05) is 23.2 Å². The van der Waals surface area contributed by atoms with Crippen molar-refractivity contribution in [1.82, 2.24) is 10.3 Å². The van der Waals surface area contributed by atoms with Crippen LogP contribution in [0, 0.1) is 6.92 Å². The Morgan fingerprint density at radius 2 is 1.96 bits per heavy atom. The van der Waals surface area contributed by atoms with E-state index in [2.05, 4.69) is 10.3 Å². The summed E-state index contributed by atoms with van der Waals surface area (Å²) in [6.07, 6.45) is 1.40. The molecule has 116 valence electrons. The van der Waals surface area contributed by atoms with Gasteiger partial charge in [0.05, 0.1) is 5.52 Å². The first-order valence-electron chi connectivity index (χ1n) is 7.16. The van der Waals surface area contributed by atoms with E-state index >= 15 is 0 Å². The molecule has 0 saturated heterocycles. The standard InChI is InChI=1S/C18H15ClN2O2/c1-11-3-2-4-14-16(11)20-10-15(17(14)22)18(23)21-9-12-5-7-13(19)8-6-12/h2-8,10H,9H2,1H3,(H,20,22)(H,21,23). The minimum Gasteiger partial charge on any atom is -0.506 e. The molecule has 2 aromatic carbocycles. The van der Waals surface area contributed by atoms with Gasteiger partial charge < -0.3 is 10.4 Å². The second kappa shape index (κ2) is 6.26. The lowest BCUT2D eigenvalue weighted by atomic mass is 10.1. The highest BCUT2D eigenvalue weighted by molar-refractivity contribution is 6.30. The summed E-state index contributed by atoms with van der Waals surface area (Å²) in [5.74, 6) is -0.416. The summed E-state index contributed by atoms with van der Waals surface area (Å²) in [7, 11) is 0. The molecule has 5 heteroatoms. The van der Waals surface area contributed by atoms with Crippen LogP contribution in [-0.4, -0.2) is 16.0 Å². The number of benzene rings is 2. The molecule has 1 heterocycles. The number of nitrogens with zero attached hydrogens (tertiary/aromatic N) is 1. The van der Waals surface area contributed by atoms with E-state index in [1.807, 2.05) is 31.2 Å². The van der Waals surface area contributed by atoms with Crippen molar-refractivity contribution < 1.29 is 9.90 Å². The maximum atomic E-state index is 12.3. The molecular formula is C18H15ClN2O2. The zero-order valence-corrected chi connectivity index (χ0v) is 13.3. The fourth-order valence-corrected chi connectivity index (χ4v) is 2.53. The van der Waals surface area contributed by atoms with Crippen molar-refractivity contribution in [2.24, 2.45) is 0 Å². The summed E-state index contributed by atoms with van der Waals surface area (Å²) in [5.41, 5.74) is 2.73. The fourth-order valence-electron chi connectivity index (χ4n) is 2.40. The van der Waals surface area contributed by atoms with Crippen LogP contribution in [0.2, 0.25) is 5.02 Å². The highest BCUT2D eigenvalue weighted by Gasteiger charge is 2.15. The van der Waals surface area contributed by atoms with E-state index in [0.29, 0.717) is 22.5 Å². The van der Waals surface area contributed by atoms with Crippen LogP contribution >= 0.6 is 11.6 Å². The zero-order chi connectivity index (χ0) is 16.4. The summed E-state index contributed by atoms with van der Waals surface area (Å²) in [5, 5.41) is 14.4. The van der Waals surface area contributed by atoms with E-state index in [9.17, 15) is 9.90 Å². The second-order valence-corrected chi connectivity index (χ2v) is 5.74. The Kier molecular flexibility index (Phi) is 4.17. The smallest absolute Gasteiger partial charge is 0.256 e. The molecule has 0 aliphatic heterocycles. The number of pyridine rings is 1. The summed E-state index contributed by atoms with van der Waals surface area (Å²) in [6, 6.07) is 12.7. The molecular weight excluding hydrogens is 312 g/mol. The average molecular weight is 327 g/mol. The fraction of sp³-hybridized carbons (Fsp3) is 0.111. The molecule has 0 fully saturated rings. The SMILES string of the molecule is Cc1cccc2c(O)c(C(=O)NCc3ccc(Cl)cc3)cnc12. The number of carbonyl (C=O) groups excluding carboxylic acids is 1. The van der Waals surface area contributed by atoms with Crippen molar-refractivity contribution in [3.05, 3.63) is 70.4 Å². The van der Waals surface area contributed by atoms with Crippen LogP contribution in [0.1, 0.15) is 21.5 Å². The van der Waals surface area contributed by atoms with Gasteiger partial charge in [-0.05, 0) is 36.2 Å². The number of rotatable bonds is 3. The molecule has 0 unspecified atom stereocenters. The molecule has 0 aliphatic carbocycles. The van der Waals surface area contributed by atoms with Crippen molar-refractivity contribution >= 4 is 28.4 Å². The lowest BCUT2D eigenvalue weighted by Gasteiger charge is -2.09. The number of hydrogen-bond donors (Lipinski definition) is 2. The predicted molar refractivity (Wildman–Crippen MR) is 90.8 cm³/mol. The number of nitrogens with one attached hydrogen (secondary N) is 1. The van der Waals surface area contributed by atoms with Crippen LogP contribution in [0.15, 0.2) is 48.7 Å². The van der Waals surface area contributed by atoms with E-state index in [-0.39, 0.29) is 17.2 Å². The summed E-state index contributed by atoms with van der Waals surface area (Å²) in [6.45, 7) is 2.26. The maximum absolute atomic E-state index is 12.3. The van der Waals surface area contributed by atoms with Crippen LogP contribution in [0.4, 0.5) is 0 Å². The molecule has 1 aromatic heterocycles. The van der Waals surface area contributed by atoms with Crippen molar-refractivity contribution in [2.75, 3.05) is 0 Å². The number of para-hydroxylation sites is 1. The van der Waals surface area contributed by atoms with Crippen LogP contribution in [0.3, 0.4) is 0 Å². The van der Waals surface area contributed by atoms with E-state index in [4.69, 9.17) is 11.6 Å². The predicted octanol–water partition coefficient (Wildman–Crippen LogP) is 3.83. The van der Waals surface area contributed by atoms with E-state index in [0.717, 1.165) is 11.1 Å². The third-order valence-corrected chi connectivity index (χ3v) is 3.93. The molecule has 2 N–H and O–H groups in total. The first-order valence-corrected chi connectivity index (χ1v) is 7.54. The van der Waals surface area contributed by atoms with Crippen molar-refractivity contribution in [1.29, 1.82) is 0 Å². The van der Waals surface area contributed by atoms with Gasteiger partial charge in [0.2, 0.25) is 0 Å². The molecule has 0 bridgehead atoms. The minimum absolute atomic E-state index is 0.0488. The van der Waals surface area contributed by atoms with Crippen molar-refractivity contribution in [3.8, 4) is 5.75 Å². The Bertz CT molecular complexity index is 876. The van der Waals surface area contributed by atoms with Gasteiger partial charge >= 0.3 is 0 Å².